The van der Waals surface area contributed by atoms with E-state index in [0.717, 1.165) is 22.1 Å². The smallest absolute Gasteiger partial charge is 0.279 e. The second kappa shape index (κ2) is 7.63. The van der Waals surface area contributed by atoms with Gasteiger partial charge in [-0.15, -0.1) is 0 Å². The van der Waals surface area contributed by atoms with E-state index in [1.165, 1.54) is 4.68 Å². The van der Waals surface area contributed by atoms with Crippen molar-refractivity contribution in [3.63, 3.8) is 0 Å². The van der Waals surface area contributed by atoms with E-state index in [9.17, 15) is 14.7 Å². The first-order chi connectivity index (χ1) is 14.7. The number of primary amides is 1. The molecule has 0 saturated heterocycles. The molecule has 0 aliphatic heterocycles. The lowest BCUT2D eigenvalue weighted by atomic mass is 9.86. The maximum Gasteiger partial charge on any atom is 0.279 e. The van der Waals surface area contributed by atoms with Crippen LogP contribution in [0.15, 0.2) is 65.1 Å². The van der Waals surface area contributed by atoms with Crippen LogP contribution in [0.4, 0.5) is 0 Å². The zero-order chi connectivity index (χ0) is 22.3. The number of aliphatic hydroxyl groups is 1. The molecule has 0 radical (unpaired) electrons. The number of benzene rings is 2. The fourth-order valence-corrected chi connectivity index (χ4v) is 3.88. The molecular weight excluding hydrogens is 390 g/mol. The average molecular weight is 415 g/mol. The first kappa shape index (κ1) is 20.8. The van der Waals surface area contributed by atoms with Gasteiger partial charge in [-0.2, -0.15) is 9.78 Å². The third-order valence-electron chi connectivity index (χ3n) is 5.69. The summed E-state index contributed by atoms with van der Waals surface area (Å²) in [5.74, 6) is -0.463. The number of nitrogens with zero attached hydrogens (tertiary/aromatic N) is 2. The molecule has 6 heteroatoms. The van der Waals surface area contributed by atoms with Gasteiger partial charge in [-0.3, -0.25) is 9.59 Å². The molecule has 1 heterocycles. The van der Waals surface area contributed by atoms with Gasteiger partial charge < -0.3 is 10.8 Å². The Morgan fingerprint density at radius 1 is 1.23 bits per heavy atom. The number of nitrogens with two attached hydrogens (primary N) is 1. The molecule has 0 saturated carbocycles. The second-order valence-corrected chi connectivity index (χ2v) is 8.77. The normalized spacial score (nSPS) is 13.9. The zero-order valence-corrected chi connectivity index (χ0v) is 17.8. The van der Waals surface area contributed by atoms with Gasteiger partial charge >= 0.3 is 0 Å². The predicted molar refractivity (Wildman–Crippen MR) is 122 cm³/mol. The van der Waals surface area contributed by atoms with Crippen LogP contribution in [0, 0.1) is 0 Å². The number of aliphatic hydroxyl groups excluding tert-OH is 1. The maximum atomic E-state index is 13.3. The molecular formula is C25H25N3O3. The molecule has 1 aromatic heterocycles. The van der Waals surface area contributed by atoms with Gasteiger partial charge in [-0.1, -0.05) is 45.0 Å². The number of hydrogen-bond donors (Lipinski definition) is 2. The van der Waals surface area contributed by atoms with Crippen LogP contribution in [0.1, 0.15) is 43.9 Å². The summed E-state index contributed by atoms with van der Waals surface area (Å²) in [5.41, 5.74) is 9.36. The summed E-state index contributed by atoms with van der Waals surface area (Å²) in [6.07, 6.45) is 5.75. The number of rotatable bonds is 4. The van der Waals surface area contributed by atoms with Gasteiger partial charge in [0.25, 0.3) is 5.56 Å². The van der Waals surface area contributed by atoms with Crippen LogP contribution in [0.2, 0.25) is 0 Å². The van der Waals surface area contributed by atoms with Gasteiger partial charge in [0, 0.05) is 16.5 Å². The second-order valence-electron chi connectivity index (χ2n) is 8.77. The van der Waals surface area contributed by atoms with Crippen molar-refractivity contribution in [2.45, 2.75) is 39.2 Å². The molecule has 0 bridgehead atoms. The van der Waals surface area contributed by atoms with Crippen LogP contribution in [-0.4, -0.2) is 20.8 Å². The number of hydrogen-bond acceptors (Lipinski definition) is 4. The van der Waals surface area contributed by atoms with Crippen LogP contribution in [-0.2, 0) is 16.8 Å². The molecule has 31 heavy (non-hydrogen) atoms. The molecule has 3 N–H and O–H groups in total. The van der Waals surface area contributed by atoms with Crippen molar-refractivity contribution in [2.75, 3.05) is 0 Å². The fraction of sp³-hybridized carbons (Fsp3) is 0.240. The Labute approximate surface area is 180 Å². The lowest BCUT2D eigenvalue weighted by molar-refractivity contribution is -0.114. The van der Waals surface area contributed by atoms with E-state index < -0.39 is 5.91 Å². The Bertz CT molecular complexity index is 1320. The number of amides is 1. The standard InChI is InChI=1S/C25H25N3O3/c1-25(2,3)18-9-10-20-17(12-18)13-27-28(24(20)31)22-6-4-5-19(21(22)14-29)15-7-8-16(11-15)23(26)30/h4-7,9-13,29H,8,14H2,1-3H3,(H2,26,30). The topological polar surface area (TPSA) is 98.2 Å². The zero-order valence-electron chi connectivity index (χ0n) is 17.8. The average Bonchev–Trinajstić information content (AvgIpc) is 3.23. The Kier molecular flexibility index (Phi) is 5.11. The predicted octanol–water partition coefficient (Wildman–Crippen LogP) is 3.37. The molecule has 1 amide bonds. The summed E-state index contributed by atoms with van der Waals surface area (Å²) in [6, 6.07) is 11.2. The van der Waals surface area contributed by atoms with Gasteiger partial charge in [-0.25, -0.2) is 0 Å². The van der Waals surface area contributed by atoms with E-state index in [4.69, 9.17) is 5.73 Å². The van der Waals surface area contributed by atoms with Crippen molar-refractivity contribution in [2.24, 2.45) is 5.73 Å². The van der Waals surface area contributed by atoms with Crippen molar-refractivity contribution < 1.29 is 9.90 Å². The third-order valence-corrected chi connectivity index (χ3v) is 5.69. The van der Waals surface area contributed by atoms with Crippen molar-refractivity contribution in [1.82, 2.24) is 9.78 Å². The van der Waals surface area contributed by atoms with Gasteiger partial charge in [0.15, 0.2) is 0 Å². The quantitative estimate of drug-likeness (QED) is 0.682. The molecule has 2 aromatic carbocycles. The number of aromatic nitrogens is 2. The lowest BCUT2D eigenvalue weighted by Gasteiger charge is -2.19. The van der Waals surface area contributed by atoms with Crippen LogP contribution in [0.5, 0.6) is 0 Å². The van der Waals surface area contributed by atoms with Crippen LogP contribution < -0.4 is 11.3 Å². The van der Waals surface area contributed by atoms with Crippen LogP contribution in [0.25, 0.3) is 22.0 Å². The highest BCUT2D eigenvalue weighted by molar-refractivity contribution is 5.98. The fourth-order valence-electron chi connectivity index (χ4n) is 3.88. The van der Waals surface area contributed by atoms with E-state index in [1.54, 1.807) is 18.3 Å². The van der Waals surface area contributed by atoms with Gasteiger partial charge in [0.05, 0.1) is 23.9 Å². The molecule has 158 valence electrons. The maximum absolute atomic E-state index is 13.3. The van der Waals surface area contributed by atoms with E-state index in [2.05, 4.69) is 25.9 Å². The highest BCUT2D eigenvalue weighted by Crippen LogP contribution is 2.31. The third kappa shape index (κ3) is 3.70. The van der Waals surface area contributed by atoms with E-state index >= 15 is 0 Å². The number of fused-ring (bicyclic) bond motifs is 1. The minimum atomic E-state index is -0.463. The summed E-state index contributed by atoms with van der Waals surface area (Å²) >= 11 is 0. The molecule has 0 atom stereocenters. The number of carbonyl (C=O) groups is 1. The molecule has 3 aromatic rings. The Hall–Kier alpha value is -3.51. The molecule has 0 spiro atoms. The SMILES string of the molecule is CC(C)(C)c1ccc2c(=O)n(-c3cccc(C4=CCC(C(N)=O)=C4)c3CO)ncc2c1. The molecule has 4 rings (SSSR count). The number of allylic oxidation sites excluding steroid dienone is 3. The van der Waals surface area contributed by atoms with Gasteiger partial charge in [-0.05, 0) is 52.8 Å². The summed E-state index contributed by atoms with van der Waals surface area (Å²) in [6.45, 7) is 6.09. The van der Waals surface area contributed by atoms with Crippen LogP contribution >= 0.6 is 0 Å². The molecule has 0 unspecified atom stereocenters. The van der Waals surface area contributed by atoms with E-state index in [0.29, 0.717) is 28.6 Å². The van der Waals surface area contributed by atoms with Crippen molar-refractivity contribution in [3.8, 4) is 5.69 Å². The first-order valence-corrected chi connectivity index (χ1v) is 10.2. The van der Waals surface area contributed by atoms with Gasteiger partial charge in [0.1, 0.15) is 0 Å². The van der Waals surface area contributed by atoms with E-state index in [-0.39, 0.29) is 17.6 Å². The summed E-state index contributed by atoms with van der Waals surface area (Å²) < 4.78 is 1.32. The van der Waals surface area contributed by atoms with E-state index in [1.807, 2.05) is 36.4 Å². The molecule has 1 aliphatic carbocycles. The molecule has 0 fully saturated rings. The van der Waals surface area contributed by atoms with Crippen LogP contribution in [0.3, 0.4) is 0 Å². The monoisotopic (exact) mass is 415 g/mol. The summed E-state index contributed by atoms with van der Waals surface area (Å²) in [7, 11) is 0. The lowest BCUT2D eigenvalue weighted by Crippen LogP contribution is -2.23. The minimum Gasteiger partial charge on any atom is -0.392 e. The number of carbonyl (C=O) groups excluding carboxylic acids is 1. The minimum absolute atomic E-state index is 0.0340. The Morgan fingerprint density at radius 2 is 2.00 bits per heavy atom. The molecule has 1 aliphatic rings. The van der Waals surface area contributed by atoms with Crippen molar-refractivity contribution in [3.05, 3.63) is 87.4 Å². The van der Waals surface area contributed by atoms with Gasteiger partial charge in [0.2, 0.25) is 5.91 Å². The van der Waals surface area contributed by atoms with Crippen molar-refractivity contribution >= 4 is 22.3 Å². The highest BCUT2D eigenvalue weighted by Gasteiger charge is 2.19. The largest absolute Gasteiger partial charge is 0.392 e. The molecule has 6 nitrogen and oxygen atoms in total. The first-order valence-electron chi connectivity index (χ1n) is 10.2. The highest BCUT2D eigenvalue weighted by atomic mass is 16.3. The van der Waals surface area contributed by atoms with Crippen molar-refractivity contribution in [1.29, 1.82) is 0 Å². The summed E-state index contributed by atoms with van der Waals surface area (Å²) in [5, 5.41) is 15.9. The Morgan fingerprint density at radius 3 is 2.65 bits per heavy atom. The Balaban J connectivity index is 1.86. The summed E-state index contributed by atoms with van der Waals surface area (Å²) in [4.78, 5) is 24.8.